The first-order valence-corrected chi connectivity index (χ1v) is 5.81. The van der Waals surface area contributed by atoms with Gasteiger partial charge in [0.15, 0.2) is 5.96 Å². The SMILES string of the molecule is CC(N=C(N)N)c1cccc2ccccc12.O=[N+]([O-])O. The summed E-state index contributed by atoms with van der Waals surface area (Å²) in [6.45, 7) is 1.99. The maximum absolute atomic E-state index is 8.36. The minimum absolute atomic E-state index is 0.0175. The van der Waals surface area contributed by atoms with E-state index in [1.165, 1.54) is 10.8 Å². The number of nitrogens with two attached hydrogens (primary N) is 2. The van der Waals surface area contributed by atoms with Crippen molar-refractivity contribution in [3.63, 3.8) is 0 Å². The van der Waals surface area contributed by atoms with E-state index in [-0.39, 0.29) is 12.0 Å². The van der Waals surface area contributed by atoms with E-state index < -0.39 is 5.09 Å². The van der Waals surface area contributed by atoms with Crippen LogP contribution in [0, 0.1) is 10.1 Å². The van der Waals surface area contributed by atoms with Crippen molar-refractivity contribution in [1.82, 2.24) is 0 Å². The van der Waals surface area contributed by atoms with Gasteiger partial charge in [-0.1, -0.05) is 42.5 Å². The maximum atomic E-state index is 8.36. The van der Waals surface area contributed by atoms with Gasteiger partial charge in [0, 0.05) is 0 Å². The van der Waals surface area contributed by atoms with Crippen molar-refractivity contribution in [1.29, 1.82) is 0 Å². The summed E-state index contributed by atoms with van der Waals surface area (Å²) in [6, 6.07) is 14.4. The third-order valence-corrected chi connectivity index (χ3v) is 2.62. The monoisotopic (exact) mass is 276 g/mol. The summed E-state index contributed by atoms with van der Waals surface area (Å²) in [5.41, 5.74) is 11.9. The summed E-state index contributed by atoms with van der Waals surface area (Å²) in [6.07, 6.45) is 0. The molecule has 1 atom stereocenters. The van der Waals surface area contributed by atoms with Crippen molar-refractivity contribution in [2.75, 3.05) is 0 Å². The van der Waals surface area contributed by atoms with Crippen molar-refractivity contribution < 1.29 is 10.3 Å². The van der Waals surface area contributed by atoms with E-state index in [1.807, 2.05) is 25.1 Å². The zero-order valence-electron chi connectivity index (χ0n) is 10.9. The minimum atomic E-state index is -1.50. The van der Waals surface area contributed by atoms with Crippen molar-refractivity contribution in [3.8, 4) is 0 Å². The molecular weight excluding hydrogens is 260 g/mol. The number of hydrogen-bond acceptors (Lipinski definition) is 3. The van der Waals surface area contributed by atoms with Gasteiger partial charge in [0.1, 0.15) is 0 Å². The van der Waals surface area contributed by atoms with Gasteiger partial charge in [0.25, 0.3) is 5.09 Å². The Morgan fingerprint density at radius 1 is 1.25 bits per heavy atom. The Bertz CT molecular complexity index is 615. The maximum Gasteiger partial charge on any atom is 0.291 e. The number of guanidine groups is 1. The number of nitrogens with zero attached hydrogens (tertiary/aromatic N) is 2. The lowest BCUT2D eigenvalue weighted by atomic mass is 10.0. The number of rotatable bonds is 2. The molecule has 0 saturated heterocycles. The molecule has 0 spiro atoms. The van der Waals surface area contributed by atoms with Crippen LogP contribution >= 0.6 is 0 Å². The molecule has 0 saturated carbocycles. The van der Waals surface area contributed by atoms with E-state index >= 15 is 0 Å². The fourth-order valence-electron chi connectivity index (χ4n) is 1.91. The fourth-order valence-corrected chi connectivity index (χ4v) is 1.91. The van der Waals surface area contributed by atoms with Crippen molar-refractivity contribution in [2.24, 2.45) is 16.5 Å². The van der Waals surface area contributed by atoms with Gasteiger partial charge in [0.2, 0.25) is 0 Å². The van der Waals surface area contributed by atoms with Crippen LogP contribution in [0.15, 0.2) is 47.5 Å². The van der Waals surface area contributed by atoms with Crippen LogP contribution < -0.4 is 11.5 Å². The highest BCUT2D eigenvalue weighted by molar-refractivity contribution is 5.86. The van der Waals surface area contributed by atoms with E-state index in [0.717, 1.165) is 5.56 Å². The van der Waals surface area contributed by atoms with Crippen LogP contribution in [0.1, 0.15) is 18.5 Å². The van der Waals surface area contributed by atoms with Gasteiger partial charge >= 0.3 is 0 Å². The summed E-state index contributed by atoms with van der Waals surface area (Å²) in [4.78, 5) is 12.5. The van der Waals surface area contributed by atoms with Crippen LogP contribution in [0.3, 0.4) is 0 Å². The summed E-state index contributed by atoms with van der Waals surface area (Å²) < 4.78 is 0. The molecule has 0 aromatic heterocycles. The summed E-state index contributed by atoms with van der Waals surface area (Å²) in [5.74, 6) is 0.125. The lowest BCUT2D eigenvalue weighted by Gasteiger charge is -2.10. The third-order valence-electron chi connectivity index (χ3n) is 2.62. The molecule has 20 heavy (non-hydrogen) atoms. The van der Waals surface area contributed by atoms with E-state index in [9.17, 15) is 0 Å². The van der Waals surface area contributed by atoms with Crippen molar-refractivity contribution >= 4 is 16.7 Å². The fraction of sp³-hybridized carbons (Fsp3) is 0.154. The molecule has 0 amide bonds. The first-order valence-electron chi connectivity index (χ1n) is 5.81. The number of hydrogen-bond donors (Lipinski definition) is 3. The molecule has 0 bridgehead atoms. The van der Waals surface area contributed by atoms with Gasteiger partial charge < -0.3 is 16.7 Å². The van der Waals surface area contributed by atoms with Crippen LogP contribution in [0.4, 0.5) is 0 Å². The molecule has 0 fully saturated rings. The molecule has 106 valence electrons. The number of benzene rings is 2. The van der Waals surface area contributed by atoms with E-state index in [1.54, 1.807) is 0 Å². The molecule has 2 aromatic carbocycles. The van der Waals surface area contributed by atoms with Gasteiger partial charge in [-0.2, -0.15) is 0 Å². The van der Waals surface area contributed by atoms with Crippen LogP contribution in [-0.2, 0) is 0 Å². The highest BCUT2D eigenvalue weighted by atomic mass is 16.9. The molecule has 0 heterocycles. The number of fused-ring (bicyclic) bond motifs is 1. The summed E-state index contributed by atoms with van der Waals surface area (Å²) in [5, 5.41) is 16.0. The lowest BCUT2D eigenvalue weighted by Crippen LogP contribution is -2.23. The summed E-state index contributed by atoms with van der Waals surface area (Å²) in [7, 11) is 0. The van der Waals surface area contributed by atoms with Gasteiger partial charge in [0.05, 0.1) is 6.04 Å². The first-order chi connectivity index (χ1) is 9.41. The van der Waals surface area contributed by atoms with Crippen LogP contribution in [0.2, 0.25) is 0 Å². The smallest absolute Gasteiger partial charge is 0.291 e. The molecule has 0 radical (unpaired) electrons. The molecule has 2 aromatic rings. The lowest BCUT2D eigenvalue weighted by molar-refractivity contribution is -0.742. The van der Waals surface area contributed by atoms with E-state index in [2.05, 4.69) is 29.3 Å². The summed E-state index contributed by atoms with van der Waals surface area (Å²) >= 11 is 0. The Balaban J connectivity index is 0.000000444. The minimum Gasteiger partial charge on any atom is -0.370 e. The average molecular weight is 276 g/mol. The second-order valence-corrected chi connectivity index (χ2v) is 4.04. The predicted molar refractivity (Wildman–Crippen MR) is 77.0 cm³/mol. The third kappa shape index (κ3) is 4.45. The zero-order chi connectivity index (χ0) is 15.1. The largest absolute Gasteiger partial charge is 0.370 e. The van der Waals surface area contributed by atoms with Crippen molar-refractivity contribution in [3.05, 3.63) is 58.1 Å². The quantitative estimate of drug-likeness (QED) is 0.333. The molecule has 0 aliphatic heterocycles. The standard InChI is InChI=1S/C13H15N3.HNO3/c1-9(16-13(14)15)11-8-4-6-10-5-2-3-7-12(10)11;2-1(3)4/h2-9H,1H3,(H4,14,15,16);(H,2,3,4). The van der Waals surface area contributed by atoms with Crippen LogP contribution in [-0.4, -0.2) is 16.3 Å². The second kappa shape index (κ2) is 6.93. The van der Waals surface area contributed by atoms with E-state index in [0.29, 0.717) is 0 Å². The molecule has 0 aliphatic carbocycles. The Hall–Kier alpha value is -2.83. The molecule has 7 nitrogen and oxygen atoms in total. The highest BCUT2D eigenvalue weighted by Gasteiger charge is 2.07. The molecular formula is C13H16N4O3. The molecule has 0 aliphatic rings. The van der Waals surface area contributed by atoms with Gasteiger partial charge in [-0.05, 0) is 23.3 Å². The average Bonchev–Trinajstić information content (AvgIpc) is 2.36. The first kappa shape index (κ1) is 15.2. The van der Waals surface area contributed by atoms with Crippen LogP contribution in [0.25, 0.3) is 10.8 Å². The zero-order valence-corrected chi connectivity index (χ0v) is 10.9. The van der Waals surface area contributed by atoms with Crippen molar-refractivity contribution in [2.45, 2.75) is 13.0 Å². The topological polar surface area (TPSA) is 128 Å². The Labute approximate surface area is 115 Å². The Kier molecular flexibility index (Phi) is 5.28. The van der Waals surface area contributed by atoms with E-state index in [4.69, 9.17) is 26.8 Å². The molecule has 7 heteroatoms. The highest BCUT2D eigenvalue weighted by Crippen LogP contribution is 2.25. The van der Waals surface area contributed by atoms with Gasteiger partial charge in [-0.15, -0.1) is 10.1 Å². The Morgan fingerprint density at radius 3 is 2.40 bits per heavy atom. The Morgan fingerprint density at radius 2 is 1.80 bits per heavy atom. The van der Waals surface area contributed by atoms with Gasteiger partial charge in [-0.3, -0.25) is 0 Å². The molecule has 5 N–H and O–H groups in total. The number of aliphatic imine (C=N–C) groups is 1. The van der Waals surface area contributed by atoms with Crippen LogP contribution in [0.5, 0.6) is 0 Å². The predicted octanol–water partition coefficient (Wildman–Crippen LogP) is 1.83. The second-order valence-electron chi connectivity index (χ2n) is 4.04. The molecule has 2 rings (SSSR count). The van der Waals surface area contributed by atoms with Gasteiger partial charge in [-0.25, -0.2) is 4.99 Å². The normalized spacial score (nSPS) is 11.1. The molecule has 1 unspecified atom stereocenters.